The molecule has 2 aromatic rings. The van der Waals surface area contributed by atoms with E-state index in [2.05, 4.69) is 38.1 Å². The van der Waals surface area contributed by atoms with Gasteiger partial charge in [0.05, 0.1) is 0 Å². The van der Waals surface area contributed by atoms with E-state index < -0.39 is 0 Å². The van der Waals surface area contributed by atoms with Crippen molar-refractivity contribution in [3.8, 4) is 5.75 Å². The number of phenolic OH excluding ortho intramolecular Hbond substituents is 1. The third-order valence-electron chi connectivity index (χ3n) is 4.06. The molecule has 1 nitrogen and oxygen atoms in total. The lowest BCUT2D eigenvalue weighted by atomic mass is 9.96. The Hall–Kier alpha value is -1.50. The second kappa shape index (κ2) is 7.33. The number of aromatic hydroxyl groups is 1. The first-order valence-electron chi connectivity index (χ1n) is 8.00. The molecule has 0 saturated heterocycles. The number of hydrogen-bond donors (Lipinski definition) is 1. The van der Waals surface area contributed by atoms with Gasteiger partial charge in [0.25, 0.3) is 0 Å². The molecule has 0 unspecified atom stereocenters. The van der Waals surface area contributed by atoms with Gasteiger partial charge >= 0.3 is 0 Å². The number of aryl methyl sites for hydroxylation is 2. The average Bonchev–Trinajstić information content (AvgIpc) is 2.47. The topological polar surface area (TPSA) is 20.2 Å². The van der Waals surface area contributed by atoms with Crippen molar-refractivity contribution in [2.45, 2.75) is 58.8 Å². The summed E-state index contributed by atoms with van der Waals surface area (Å²) in [6.45, 7) is 4.42. The molecule has 108 valence electrons. The molecule has 0 atom stereocenters. The first-order chi connectivity index (χ1) is 9.77. The summed E-state index contributed by atoms with van der Waals surface area (Å²) in [5, 5.41) is 12.7. The second-order valence-electron chi connectivity index (χ2n) is 5.65. The van der Waals surface area contributed by atoms with Crippen LogP contribution < -0.4 is 0 Å². The van der Waals surface area contributed by atoms with Crippen molar-refractivity contribution >= 4 is 10.8 Å². The van der Waals surface area contributed by atoms with Gasteiger partial charge in [-0.3, -0.25) is 0 Å². The van der Waals surface area contributed by atoms with Crippen LogP contribution in [0.5, 0.6) is 5.75 Å². The number of rotatable bonds is 7. The van der Waals surface area contributed by atoms with Crippen LogP contribution in [0.25, 0.3) is 10.8 Å². The zero-order valence-electron chi connectivity index (χ0n) is 12.8. The van der Waals surface area contributed by atoms with Crippen molar-refractivity contribution in [2.24, 2.45) is 0 Å². The van der Waals surface area contributed by atoms with E-state index in [9.17, 15) is 5.11 Å². The maximum Gasteiger partial charge on any atom is 0.126 e. The van der Waals surface area contributed by atoms with Crippen molar-refractivity contribution in [1.82, 2.24) is 0 Å². The van der Waals surface area contributed by atoms with E-state index in [-0.39, 0.29) is 0 Å². The second-order valence-corrected chi connectivity index (χ2v) is 5.65. The van der Waals surface area contributed by atoms with E-state index in [1.54, 1.807) is 0 Å². The molecule has 0 aliphatic heterocycles. The van der Waals surface area contributed by atoms with Crippen LogP contribution >= 0.6 is 0 Å². The lowest BCUT2D eigenvalue weighted by molar-refractivity contribution is 0.473. The third-order valence-corrected chi connectivity index (χ3v) is 4.06. The van der Waals surface area contributed by atoms with Crippen molar-refractivity contribution in [1.29, 1.82) is 0 Å². The van der Waals surface area contributed by atoms with Gasteiger partial charge in [0, 0.05) is 5.39 Å². The van der Waals surface area contributed by atoms with Gasteiger partial charge in [-0.25, -0.2) is 0 Å². The van der Waals surface area contributed by atoms with Gasteiger partial charge in [-0.05, 0) is 42.2 Å². The summed E-state index contributed by atoms with van der Waals surface area (Å²) in [4.78, 5) is 0. The summed E-state index contributed by atoms with van der Waals surface area (Å²) in [6, 6.07) is 10.6. The molecule has 1 N–H and O–H groups in total. The number of unbranched alkanes of at least 4 members (excludes halogenated alkanes) is 3. The Kier molecular flexibility index (Phi) is 5.46. The molecule has 20 heavy (non-hydrogen) atoms. The van der Waals surface area contributed by atoms with E-state index >= 15 is 0 Å². The van der Waals surface area contributed by atoms with Crippen LogP contribution in [-0.4, -0.2) is 5.11 Å². The molecular formula is C19H26O. The minimum absolute atomic E-state index is 0.494. The molecule has 0 heterocycles. The summed E-state index contributed by atoms with van der Waals surface area (Å²) in [5.74, 6) is 0.494. The Morgan fingerprint density at radius 1 is 0.750 bits per heavy atom. The molecule has 0 aliphatic rings. The van der Waals surface area contributed by atoms with Crippen LogP contribution in [0.1, 0.15) is 57.1 Å². The van der Waals surface area contributed by atoms with Crippen molar-refractivity contribution in [2.75, 3.05) is 0 Å². The third kappa shape index (κ3) is 3.33. The Labute approximate surface area is 122 Å². The lowest BCUT2D eigenvalue weighted by Gasteiger charge is -2.11. The minimum Gasteiger partial charge on any atom is -0.507 e. The van der Waals surface area contributed by atoms with Crippen LogP contribution in [0.2, 0.25) is 0 Å². The minimum atomic E-state index is 0.494. The molecule has 0 aliphatic carbocycles. The van der Waals surface area contributed by atoms with Gasteiger partial charge in [0.1, 0.15) is 5.75 Å². The standard InChI is InChI=1S/C19H26O/c1-3-5-7-10-15-11-8-12-18-17(15)14-13-16(19(18)20)9-6-4-2/h8,11-14,20H,3-7,9-10H2,1-2H3. The highest BCUT2D eigenvalue weighted by atomic mass is 16.3. The molecule has 2 aromatic carbocycles. The zero-order chi connectivity index (χ0) is 14.4. The maximum atomic E-state index is 10.5. The Bertz CT molecular complexity index is 557. The SMILES string of the molecule is CCCCCc1cccc2c(O)c(CCCC)ccc12. The zero-order valence-corrected chi connectivity index (χ0v) is 12.8. The predicted molar refractivity (Wildman–Crippen MR) is 87.5 cm³/mol. The van der Waals surface area contributed by atoms with Gasteiger partial charge in [0.15, 0.2) is 0 Å². The van der Waals surface area contributed by atoms with Crippen LogP contribution in [0.4, 0.5) is 0 Å². The summed E-state index contributed by atoms with van der Waals surface area (Å²) in [5.41, 5.74) is 2.46. The normalized spacial score (nSPS) is 11.1. The number of fused-ring (bicyclic) bond motifs is 1. The van der Waals surface area contributed by atoms with Crippen LogP contribution in [0, 0.1) is 0 Å². The molecule has 2 rings (SSSR count). The predicted octanol–water partition coefficient (Wildman–Crippen LogP) is 5.62. The lowest BCUT2D eigenvalue weighted by Crippen LogP contribution is -1.91. The van der Waals surface area contributed by atoms with Crippen LogP contribution in [-0.2, 0) is 12.8 Å². The molecule has 0 bridgehead atoms. The molecular weight excluding hydrogens is 244 g/mol. The smallest absolute Gasteiger partial charge is 0.126 e. The molecule has 0 fully saturated rings. The van der Waals surface area contributed by atoms with E-state index in [0.29, 0.717) is 5.75 Å². The Morgan fingerprint density at radius 2 is 1.50 bits per heavy atom. The largest absolute Gasteiger partial charge is 0.507 e. The molecule has 1 heteroatoms. The summed E-state index contributed by atoms with van der Waals surface area (Å²) >= 11 is 0. The van der Waals surface area contributed by atoms with Gasteiger partial charge in [0.2, 0.25) is 0 Å². The first-order valence-corrected chi connectivity index (χ1v) is 8.00. The van der Waals surface area contributed by atoms with Gasteiger partial charge in [-0.15, -0.1) is 0 Å². The number of phenols is 1. The highest BCUT2D eigenvalue weighted by molar-refractivity contribution is 5.91. The highest BCUT2D eigenvalue weighted by Gasteiger charge is 2.08. The van der Waals surface area contributed by atoms with Crippen molar-refractivity contribution in [3.63, 3.8) is 0 Å². The quantitative estimate of drug-likeness (QED) is 0.647. The Morgan fingerprint density at radius 3 is 2.25 bits per heavy atom. The van der Waals surface area contributed by atoms with Gasteiger partial charge < -0.3 is 5.11 Å². The number of hydrogen-bond acceptors (Lipinski definition) is 1. The average molecular weight is 270 g/mol. The van der Waals surface area contributed by atoms with E-state index in [0.717, 1.165) is 36.6 Å². The van der Waals surface area contributed by atoms with Crippen LogP contribution in [0.3, 0.4) is 0 Å². The van der Waals surface area contributed by atoms with Crippen molar-refractivity contribution < 1.29 is 5.11 Å². The summed E-state index contributed by atoms with van der Waals surface area (Å²) in [7, 11) is 0. The summed E-state index contributed by atoms with van der Waals surface area (Å²) in [6.07, 6.45) is 8.13. The fraction of sp³-hybridized carbons (Fsp3) is 0.474. The van der Waals surface area contributed by atoms with Crippen molar-refractivity contribution in [3.05, 3.63) is 41.5 Å². The molecule has 0 spiro atoms. The van der Waals surface area contributed by atoms with E-state index in [4.69, 9.17) is 0 Å². The summed E-state index contributed by atoms with van der Waals surface area (Å²) < 4.78 is 0. The molecule has 0 radical (unpaired) electrons. The first kappa shape index (κ1) is 14.9. The number of benzene rings is 2. The van der Waals surface area contributed by atoms with E-state index in [1.807, 2.05) is 6.07 Å². The molecule has 0 saturated carbocycles. The molecule has 0 aromatic heterocycles. The van der Waals surface area contributed by atoms with E-state index in [1.165, 1.54) is 30.2 Å². The fourth-order valence-corrected chi connectivity index (χ4v) is 2.80. The Balaban J connectivity index is 2.31. The molecule has 0 amide bonds. The highest BCUT2D eigenvalue weighted by Crippen LogP contribution is 2.32. The van der Waals surface area contributed by atoms with Crippen LogP contribution in [0.15, 0.2) is 30.3 Å². The maximum absolute atomic E-state index is 10.5. The van der Waals surface area contributed by atoms with Gasteiger partial charge in [-0.1, -0.05) is 63.4 Å². The monoisotopic (exact) mass is 270 g/mol. The fourth-order valence-electron chi connectivity index (χ4n) is 2.80. The van der Waals surface area contributed by atoms with Gasteiger partial charge in [-0.2, -0.15) is 0 Å².